The number of anilines is 1. The molecule has 3 nitrogen and oxygen atoms in total. The Bertz CT molecular complexity index is 677. The topological polar surface area (TPSA) is 38.3 Å². The molecule has 24 heavy (non-hydrogen) atoms. The number of nitrogens with one attached hydrogen (secondary N) is 1. The lowest BCUT2D eigenvalue weighted by Crippen LogP contribution is -2.20. The SMILES string of the molecule is CC(C)c1ccc(NC(=O)COc2ccc(C(F)(F)F)cc2)cc1. The van der Waals surface area contributed by atoms with E-state index in [0.29, 0.717) is 11.6 Å². The summed E-state index contributed by atoms with van der Waals surface area (Å²) in [6.45, 7) is 3.87. The van der Waals surface area contributed by atoms with Gasteiger partial charge < -0.3 is 10.1 Å². The number of carbonyl (C=O) groups excluding carboxylic acids is 1. The molecule has 128 valence electrons. The molecule has 2 aromatic rings. The van der Waals surface area contributed by atoms with Crippen molar-refractivity contribution in [3.05, 3.63) is 59.7 Å². The molecule has 0 saturated carbocycles. The number of hydrogen-bond acceptors (Lipinski definition) is 2. The quantitative estimate of drug-likeness (QED) is 0.847. The van der Waals surface area contributed by atoms with E-state index < -0.39 is 11.7 Å². The van der Waals surface area contributed by atoms with Crippen molar-refractivity contribution in [1.29, 1.82) is 0 Å². The van der Waals surface area contributed by atoms with E-state index in [2.05, 4.69) is 19.2 Å². The minimum atomic E-state index is -4.39. The molecule has 0 aliphatic carbocycles. The summed E-state index contributed by atoms with van der Waals surface area (Å²) in [5.41, 5.74) is 1.04. The molecule has 0 aliphatic heterocycles. The standard InChI is InChI=1S/C18H18F3NO2/c1-12(2)13-3-7-15(8-4-13)22-17(23)11-24-16-9-5-14(6-10-16)18(19,20)21/h3-10,12H,11H2,1-2H3,(H,22,23). The summed E-state index contributed by atoms with van der Waals surface area (Å²) in [5.74, 6) is 0.221. The maximum atomic E-state index is 12.4. The number of carbonyl (C=O) groups is 1. The largest absolute Gasteiger partial charge is 0.484 e. The lowest BCUT2D eigenvalue weighted by molar-refractivity contribution is -0.137. The van der Waals surface area contributed by atoms with Crippen LogP contribution < -0.4 is 10.1 Å². The fraction of sp³-hybridized carbons (Fsp3) is 0.278. The molecule has 0 heterocycles. The Morgan fingerprint density at radius 1 is 1.04 bits per heavy atom. The van der Waals surface area contributed by atoms with Crippen LogP contribution in [0.2, 0.25) is 0 Å². The van der Waals surface area contributed by atoms with Gasteiger partial charge in [0, 0.05) is 5.69 Å². The summed E-state index contributed by atoms with van der Waals surface area (Å²) in [6, 6.07) is 11.7. The normalized spacial score (nSPS) is 11.4. The van der Waals surface area contributed by atoms with E-state index >= 15 is 0 Å². The Morgan fingerprint density at radius 3 is 2.12 bits per heavy atom. The lowest BCUT2D eigenvalue weighted by Gasteiger charge is -2.10. The summed E-state index contributed by atoms with van der Waals surface area (Å²) in [5, 5.41) is 2.67. The highest BCUT2D eigenvalue weighted by molar-refractivity contribution is 5.91. The Balaban J connectivity index is 1.86. The van der Waals surface area contributed by atoms with Crippen molar-refractivity contribution in [2.75, 3.05) is 11.9 Å². The molecule has 2 rings (SSSR count). The minimum Gasteiger partial charge on any atom is -0.484 e. The van der Waals surface area contributed by atoms with Crippen LogP contribution in [0, 0.1) is 0 Å². The monoisotopic (exact) mass is 337 g/mol. The number of rotatable bonds is 5. The second kappa shape index (κ2) is 7.38. The first-order chi connectivity index (χ1) is 11.3. The third-order valence-electron chi connectivity index (χ3n) is 3.41. The molecule has 0 aromatic heterocycles. The van der Waals surface area contributed by atoms with Gasteiger partial charge in [-0.3, -0.25) is 4.79 Å². The predicted octanol–water partition coefficient (Wildman–Crippen LogP) is 4.85. The van der Waals surface area contributed by atoms with E-state index in [-0.39, 0.29) is 18.3 Å². The highest BCUT2D eigenvalue weighted by Gasteiger charge is 2.30. The van der Waals surface area contributed by atoms with Crippen LogP contribution in [0.1, 0.15) is 30.9 Å². The molecule has 0 radical (unpaired) electrons. The summed E-state index contributed by atoms with van der Waals surface area (Å²) >= 11 is 0. The van der Waals surface area contributed by atoms with Crippen LogP contribution >= 0.6 is 0 Å². The van der Waals surface area contributed by atoms with Gasteiger partial charge in [-0.1, -0.05) is 26.0 Å². The first-order valence-corrected chi connectivity index (χ1v) is 7.45. The molecule has 2 aromatic carbocycles. The maximum Gasteiger partial charge on any atom is 0.416 e. The van der Waals surface area contributed by atoms with E-state index in [0.717, 1.165) is 17.7 Å². The number of hydrogen-bond donors (Lipinski definition) is 1. The summed E-state index contributed by atoms with van der Waals surface area (Å²) in [6.07, 6.45) is -4.39. The van der Waals surface area contributed by atoms with Crippen molar-refractivity contribution >= 4 is 11.6 Å². The van der Waals surface area contributed by atoms with Crippen LogP contribution in [0.15, 0.2) is 48.5 Å². The third kappa shape index (κ3) is 5.01. The Labute approximate surface area is 138 Å². The van der Waals surface area contributed by atoms with E-state index in [4.69, 9.17) is 4.74 Å². The first kappa shape index (κ1) is 17.8. The molecular weight excluding hydrogens is 319 g/mol. The van der Waals surface area contributed by atoms with Crippen LogP contribution in [0.3, 0.4) is 0 Å². The van der Waals surface area contributed by atoms with Crippen LogP contribution in [0.5, 0.6) is 5.75 Å². The Kier molecular flexibility index (Phi) is 5.49. The highest BCUT2D eigenvalue weighted by atomic mass is 19.4. The molecule has 6 heteroatoms. The van der Waals surface area contributed by atoms with E-state index in [1.165, 1.54) is 12.1 Å². The first-order valence-electron chi connectivity index (χ1n) is 7.45. The van der Waals surface area contributed by atoms with E-state index in [9.17, 15) is 18.0 Å². The molecule has 0 fully saturated rings. The van der Waals surface area contributed by atoms with Gasteiger partial charge in [-0.25, -0.2) is 0 Å². The summed E-state index contributed by atoms with van der Waals surface area (Å²) in [7, 11) is 0. The fourth-order valence-electron chi connectivity index (χ4n) is 2.04. The number of benzene rings is 2. The Morgan fingerprint density at radius 2 is 1.62 bits per heavy atom. The predicted molar refractivity (Wildman–Crippen MR) is 86.1 cm³/mol. The van der Waals surface area contributed by atoms with Gasteiger partial charge in [0.15, 0.2) is 6.61 Å². The second-order valence-electron chi connectivity index (χ2n) is 5.64. The summed E-state index contributed by atoms with van der Waals surface area (Å²) in [4.78, 5) is 11.8. The van der Waals surface area contributed by atoms with E-state index in [1.54, 1.807) is 12.1 Å². The van der Waals surface area contributed by atoms with Crippen LogP contribution in [-0.2, 0) is 11.0 Å². The number of amides is 1. The van der Waals surface area contributed by atoms with Crippen LogP contribution in [0.25, 0.3) is 0 Å². The van der Waals surface area contributed by atoms with Crippen molar-refractivity contribution in [1.82, 2.24) is 0 Å². The molecule has 0 bridgehead atoms. The molecule has 0 aliphatic rings. The van der Waals surface area contributed by atoms with Gasteiger partial charge in [0.2, 0.25) is 0 Å². The van der Waals surface area contributed by atoms with Crippen LogP contribution in [0.4, 0.5) is 18.9 Å². The van der Waals surface area contributed by atoms with Gasteiger partial charge >= 0.3 is 6.18 Å². The minimum absolute atomic E-state index is 0.202. The van der Waals surface area contributed by atoms with Gasteiger partial charge in [-0.2, -0.15) is 13.2 Å². The van der Waals surface area contributed by atoms with Crippen molar-refractivity contribution in [2.24, 2.45) is 0 Å². The second-order valence-corrected chi connectivity index (χ2v) is 5.64. The van der Waals surface area contributed by atoms with Crippen molar-refractivity contribution in [3.8, 4) is 5.75 Å². The molecule has 1 amide bonds. The molecular formula is C18H18F3NO2. The van der Waals surface area contributed by atoms with Gasteiger partial charge in [-0.15, -0.1) is 0 Å². The average Bonchev–Trinajstić information content (AvgIpc) is 2.53. The van der Waals surface area contributed by atoms with E-state index in [1.807, 2.05) is 12.1 Å². The fourth-order valence-corrected chi connectivity index (χ4v) is 2.04. The zero-order chi connectivity index (χ0) is 17.7. The van der Waals surface area contributed by atoms with Crippen molar-refractivity contribution in [3.63, 3.8) is 0 Å². The van der Waals surface area contributed by atoms with Crippen LogP contribution in [-0.4, -0.2) is 12.5 Å². The molecule has 1 N–H and O–H groups in total. The average molecular weight is 337 g/mol. The smallest absolute Gasteiger partial charge is 0.416 e. The number of alkyl halides is 3. The Hall–Kier alpha value is -2.50. The molecule has 0 spiro atoms. The lowest BCUT2D eigenvalue weighted by atomic mass is 10.0. The van der Waals surface area contributed by atoms with Gasteiger partial charge in [0.1, 0.15) is 5.75 Å². The molecule has 0 unspecified atom stereocenters. The van der Waals surface area contributed by atoms with Gasteiger partial charge in [0.05, 0.1) is 5.56 Å². The zero-order valence-corrected chi connectivity index (χ0v) is 13.4. The summed E-state index contributed by atoms with van der Waals surface area (Å²) < 4.78 is 42.5. The number of ether oxygens (including phenoxy) is 1. The highest BCUT2D eigenvalue weighted by Crippen LogP contribution is 2.30. The van der Waals surface area contributed by atoms with Crippen molar-refractivity contribution in [2.45, 2.75) is 25.9 Å². The maximum absolute atomic E-state index is 12.4. The van der Waals surface area contributed by atoms with Gasteiger partial charge in [0.25, 0.3) is 5.91 Å². The third-order valence-corrected chi connectivity index (χ3v) is 3.41. The number of halogens is 3. The zero-order valence-electron chi connectivity index (χ0n) is 13.4. The van der Waals surface area contributed by atoms with Gasteiger partial charge in [-0.05, 0) is 47.9 Å². The molecule has 0 atom stereocenters. The molecule has 0 saturated heterocycles. The van der Waals surface area contributed by atoms with Crippen molar-refractivity contribution < 1.29 is 22.7 Å².